The van der Waals surface area contributed by atoms with Crippen LogP contribution in [0.1, 0.15) is 33.4 Å². The fourth-order valence-corrected chi connectivity index (χ4v) is 4.35. The third-order valence-corrected chi connectivity index (χ3v) is 6.23. The molecule has 0 spiro atoms. The van der Waals surface area contributed by atoms with Gasteiger partial charge in [0.1, 0.15) is 0 Å². The van der Waals surface area contributed by atoms with E-state index in [0.29, 0.717) is 0 Å². The zero-order valence-corrected chi connectivity index (χ0v) is 21.3. The highest BCUT2D eigenvalue weighted by molar-refractivity contribution is 5.92. The van der Waals surface area contributed by atoms with Crippen LogP contribution in [0.4, 0.5) is 11.4 Å². The van der Waals surface area contributed by atoms with Gasteiger partial charge in [-0.3, -0.25) is 0 Å². The topological polar surface area (TPSA) is 15.6 Å². The predicted octanol–water partition coefficient (Wildman–Crippen LogP) is 9.06. The molecule has 0 N–H and O–H groups in total. The van der Waals surface area contributed by atoms with Gasteiger partial charge in [0.05, 0.1) is 17.6 Å². The Labute approximate surface area is 219 Å². The van der Waals surface area contributed by atoms with Gasteiger partial charge in [0.15, 0.2) is 0 Å². The minimum Gasteiger partial charge on any atom is -0.234 e. The lowest BCUT2D eigenvalue weighted by Crippen LogP contribution is -2.09. The maximum atomic E-state index is 4.83. The Morgan fingerprint density at radius 3 is 1.51 bits per heavy atom. The standard InChI is InChI=1S/C35H30N2/c1-27-11-9-13-31(23-27)35(32-14-10-12-28(2)24-32)25-29-19-21-30(22-20-29)26-36-37(33-15-5-3-6-16-33)34-17-7-4-8-18-34/h3-26H,1-2H3/b36-26+. The van der Waals surface area contributed by atoms with E-state index in [1.807, 2.05) is 47.6 Å². The first-order valence-electron chi connectivity index (χ1n) is 12.6. The Hall–Kier alpha value is -4.69. The third-order valence-electron chi connectivity index (χ3n) is 6.23. The minimum absolute atomic E-state index is 1.02. The summed E-state index contributed by atoms with van der Waals surface area (Å²) >= 11 is 0. The lowest BCUT2D eigenvalue weighted by molar-refractivity contribution is 1.09. The van der Waals surface area contributed by atoms with Crippen LogP contribution in [0.5, 0.6) is 0 Å². The summed E-state index contributed by atoms with van der Waals surface area (Å²) in [5.74, 6) is 0. The van der Waals surface area contributed by atoms with Crippen molar-refractivity contribution in [3.8, 4) is 0 Å². The van der Waals surface area contributed by atoms with Crippen molar-refractivity contribution < 1.29 is 0 Å². The average Bonchev–Trinajstić information content (AvgIpc) is 2.94. The molecule has 37 heavy (non-hydrogen) atoms. The Kier molecular flexibility index (Phi) is 7.38. The average molecular weight is 479 g/mol. The van der Waals surface area contributed by atoms with Crippen molar-refractivity contribution >= 4 is 29.2 Å². The van der Waals surface area contributed by atoms with E-state index < -0.39 is 0 Å². The van der Waals surface area contributed by atoms with Gasteiger partial charge >= 0.3 is 0 Å². The summed E-state index contributed by atoms with van der Waals surface area (Å²) in [4.78, 5) is 0. The van der Waals surface area contributed by atoms with E-state index in [1.165, 1.54) is 27.8 Å². The normalized spacial score (nSPS) is 10.9. The molecule has 2 heteroatoms. The van der Waals surface area contributed by atoms with Crippen molar-refractivity contribution in [1.29, 1.82) is 0 Å². The molecule has 0 radical (unpaired) electrons. The SMILES string of the molecule is Cc1cccc(C(=Cc2ccc(/C=N/N(c3ccccc3)c3ccccc3)cc2)c2cccc(C)c2)c1. The molecule has 0 heterocycles. The van der Waals surface area contributed by atoms with Gasteiger partial charge in [-0.1, -0.05) is 120 Å². The number of anilines is 2. The van der Waals surface area contributed by atoms with E-state index >= 15 is 0 Å². The Balaban J connectivity index is 1.45. The molecule has 180 valence electrons. The zero-order valence-electron chi connectivity index (χ0n) is 21.3. The van der Waals surface area contributed by atoms with Crippen LogP contribution < -0.4 is 5.01 Å². The lowest BCUT2D eigenvalue weighted by atomic mass is 9.93. The summed E-state index contributed by atoms with van der Waals surface area (Å²) in [6, 6.07) is 46.4. The van der Waals surface area contributed by atoms with Gasteiger partial charge in [0.25, 0.3) is 0 Å². The number of para-hydroxylation sites is 2. The van der Waals surface area contributed by atoms with Gasteiger partial charge in [-0.05, 0) is 72.0 Å². The van der Waals surface area contributed by atoms with E-state index in [0.717, 1.165) is 22.5 Å². The van der Waals surface area contributed by atoms with Crippen molar-refractivity contribution in [1.82, 2.24) is 0 Å². The van der Waals surface area contributed by atoms with Gasteiger partial charge in [-0.15, -0.1) is 0 Å². The van der Waals surface area contributed by atoms with E-state index in [-0.39, 0.29) is 0 Å². The maximum absolute atomic E-state index is 4.83. The van der Waals surface area contributed by atoms with Gasteiger partial charge in [-0.25, -0.2) is 5.01 Å². The molecule has 5 rings (SSSR count). The van der Waals surface area contributed by atoms with Crippen LogP contribution in [-0.2, 0) is 0 Å². The number of rotatable bonds is 7. The number of benzene rings is 5. The fraction of sp³-hybridized carbons (Fsp3) is 0.0571. The summed E-state index contributed by atoms with van der Waals surface area (Å²) in [6.45, 7) is 4.28. The van der Waals surface area contributed by atoms with E-state index in [9.17, 15) is 0 Å². The molecule has 5 aromatic carbocycles. The van der Waals surface area contributed by atoms with Gasteiger partial charge in [-0.2, -0.15) is 5.10 Å². The molecule has 5 aromatic rings. The second-order valence-electron chi connectivity index (χ2n) is 9.19. The summed E-state index contributed by atoms with van der Waals surface area (Å²) in [5.41, 5.74) is 10.4. The highest BCUT2D eigenvalue weighted by atomic mass is 15.5. The molecule has 0 aromatic heterocycles. The molecule has 0 saturated carbocycles. The maximum Gasteiger partial charge on any atom is 0.0652 e. The predicted molar refractivity (Wildman–Crippen MR) is 158 cm³/mol. The van der Waals surface area contributed by atoms with Crippen molar-refractivity contribution in [3.63, 3.8) is 0 Å². The zero-order chi connectivity index (χ0) is 25.5. The molecule has 0 aliphatic heterocycles. The van der Waals surface area contributed by atoms with Gasteiger partial charge < -0.3 is 0 Å². The van der Waals surface area contributed by atoms with Crippen LogP contribution >= 0.6 is 0 Å². The molecule has 0 atom stereocenters. The Morgan fingerprint density at radius 1 is 0.541 bits per heavy atom. The van der Waals surface area contributed by atoms with Crippen LogP contribution in [0.25, 0.3) is 11.6 Å². The molecule has 0 amide bonds. The highest BCUT2D eigenvalue weighted by Crippen LogP contribution is 2.28. The van der Waals surface area contributed by atoms with Gasteiger partial charge in [0.2, 0.25) is 0 Å². The van der Waals surface area contributed by atoms with Crippen molar-refractivity contribution in [3.05, 3.63) is 167 Å². The van der Waals surface area contributed by atoms with Gasteiger partial charge in [0, 0.05) is 0 Å². The number of hydrogen-bond donors (Lipinski definition) is 0. The molecular weight excluding hydrogens is 448 g/mol. The summed E-state index contributed by atoms with van der Waals surface area (Å²) in [6.07, 6.45) is 4.18. The minimum atomic E-state index is 1.02. The number of hydrogen-bond acceptors (Lipinski definition) is 2. The lowest BCUT2D eigenvalue weighted by Gasteiger charge is -2.19. The number of nitrogens with zero attached hydrogens (tertiary/aromatic N) is 2. The molecule has 2 nitrogen and oxygen atoms in total. The molecule has 0 unspecified atom stereocenters. The summed E-state index contributed by atoms with van der Waals surface area (Å²) < 4.78 is 0. The number of hydrazone groups is 1. The van der Waals surface area contributed by atoms with Crippen LogP contribution in [-0.4, -0.2) is 6.21 Å². The molecule has 0 aliphatic rings. The quantitative estimate of drug-likeness (QED) is 0.129. The smallest absolute Gasteiger partial charge is 0.0652 e. The Morgan fingerprint density at radius 2 is 1.03 bits per heavy atom. The van der Waals surface area contributed by atoms with E-state index in [1.54, 1.807) is 0 Å². The van der Waals surface area contributed by atoms with Crippen molar-refractivity contribution in [2.75, 3.05) is 5.01 Å². The van der Waals surface area contributed by atoms with Crippen LogP contribution in [0.15, 0.2) is 139 Å². The molecular formula is C35H30N2. The van der Waals surface area contributed by atoms with E-state index in [4.69, 9.17) is 5.10 Å². The summed E-state index contributed by atoms with van der Waals surface area (Å²) in [7, 11) is 0. The van der Waals surface area contributed by atoms with Crippen LogP contribution in [0.2, 0.25) is 0 Å². The molecule has 0 aliphatic carbocycles. The highest BCUT2D eigenvalue weighted by Gasteiger charge is 2.08. The number of aryl methyl sites for hydroxylation is 2. The van der Waals surface area contributed by atoms with Crippen molar-refractivity contribution in [2.45, 2.75) is 13.8 Å². The first-order chi connectivity index (χ1) is 18.2. The first kappa shape index (κ1) is 24.0. The third kappa shape index (κ3) is 6.12. The summed E-state index contributed by atoms with van der Waals surface area (Å²) in [5, 5.41) is 6.79. The van der Waals surface area contributed by atoms with Crippen molar-refractivity contribution in [2.24, 2.45) is 5.10 Å². The molecule has 0 saturated heterocycles. The largest absolute Gasteiger partial charge is 0.234 e. The van der Waals surface area contributed by atoms with E-state index in [2.05, 4.69) is 117 Å². The monoisotopic (exact) mass is 478 g/mol. The first-order valence-corrected chi connectivity index (χ1v) is 12.6. The molecule has 0 bridgehead atoms. The second kappa shape index (κ2) is 11.4. The molecule has 0 fully saturated rings. The van der Waals surface area contributed by atoms with Crippen LogP contribution in [0, 0.1) is 13.8 Å². The second-order valence-corrected chi connectivity index (χ2v) is 9.19. The fourth-order valence-electron chi connectivity index (χ4n) is 4.35. The van der Waals surface area contributed by atoms with Crippen LogP contribution in [0.3, 0.4) is 0 Å². The Bertz CT molecular complexity index is 1430.